The molecule has 1 saturated heterocycles. The van der Waals surface area contributed by atoms with Crippen molar-refractivity contribution in [3.63, 3.8) is 0 Å². The van der Waals surface area contributed by atoms with Gasteiger partial charge in [-0.25, -0.2) is 4.98 Å². The summed E-state index contributed by atoms with van der Waals surface area (Å²) in [5.74, 6) is 0.948. The van der Waals surface area contributed by atoms with Gasteiger partial charge >= 0.3 is 0 Å². The molecule has 0 spiro atoms. The van der Waals surface area contributed by atoms with Crippen LogP contribution in [0.1, 0.15) is 25.0 Å². The minimum atomic E-state index is 0.464. The number of rotatable bonds is 3. The molecule has 1 N–H and O–H groups in total. The van der Waals surface area contributed by atoms with Crippen LogP contribution in [0.15, 0.2) is 18.2 Å². The first-order chi connectivity index (χ1) is 8.86. The molecule has 2 aliphatic rings. The third-order valence-corrected chi connectivity index (χ3v) is 4.03. The van der Waals surface area contributed by atoms with Gasteiger partial charge in [0.15, 0.2) is 0 Å². The van der Waals surface area contributed by atoms with Gasteiger partial charge in [-0.05, 0) is 31.4 Å². The number of ether oxygens (including phenoxy) is 1. The van der Waals surface area contributed by atoms with Crippen LogP contribution in [-0.4, -0.2) is 42.2 Å². The Morgan fingerprint density at radius 1 is 1.44 bits per heavy atom. The maximum Gasteiger partial charge on any atom is 0.126 e. The van der Waals surface area contributed by atoms with E-state index in [1.807, 2.05) is 13.1 Å². The highest BCUT2D eigenvalue weighted by atomic mass is 16.5. The van der Waals surface area contributed by atoms with Gasteiger partial charge in [0, 0.05) is 26.2 Å². The highest BCUT2D eigenvalue weighted by molar-refractivity contribution is 5.34. The first kappa shape index (κ1) is 11.9. The Labute approximate surface area is 108 Å². The van der Waals surface area contributed by atoms with Gasteiger partial charge in [0.1, 0.15) is 5.82 Å². The van der Waals surface area contributed by atoms with Gasteiger partial charge in [-0.2, -0.15) is 0 Å². The highest BCUT2D eigenvalue weighted by Gasteiger charge is 2.35. The Morgan fingerprint density at radius 3 is 3.28 bits per heavy atom. The number of aromatic nitrogens is 1. The first-order valence-corrected chi connectivity index (χ1v) is 6.86. The van der Waals surface area contributed by atoms with Crippen LogP contribution >= 0.6 is 0 Å². The molecule has 2 atom stereocenters. The zero-order chi connectivity index (χ0) is 12.4. The lowest BCUT2D eigenvalue weighted by atomic mass is 10.1. The number of nitrogens with one attached hydrogen (secondary N) is 1. The maximum atomic E-state index is 5.84. The van der Waals surface area contributed by atoms with Gasteiger partial charge in [0.2, 0.25) is 0 Å². The van der Waals surface area contributed by atoms with E-state index in [0.717, 1.165) is 31.2 Å². The number of anilines is 1. The van der Waals surface area contributed by atoms with Gasteiger partial charge in [-0.1, -0.05) is 6.07 Å². The number of morpholine rings is 1. The molecule has 0 amide bonds. The second-order valence-electron chi connectivity index (χ2n) is 5.14. The monoisotopic (exact) mass is 247 g/mol. The van der Waals surface area contributed by atoms with E-state index >= 15 is 0 Å². The van der Waals surface area contributed by atoms with Crippen LogP contribution < -0.4 is 5.32 Å². The number of fused-ring (bicyclic) bond motifs is 1. The average Bonchev–Trinajstić information content (AvgIpc) is 2.88. The Kier molecular flexibility index (Phi) is 3.48. The lowest BCUT2D eigenvalue weighted by Crippen LogP contribution is -2.47. The standard InChI is InChI=1S/C14H21N3O/c1-15-14-7-2-4-11(16-14)10-17-8-9-18-13-6-3-5-12(13)17/h2,4,7,12-13H,3,5-6,8-10H2,1H3,(H,15,16). The summed E-state index contributed by atoms with van der Waals surface area (Å²) in [7, 11) is 1.91. The van der Waals surface area contributed by atoms with Crippen LogP contribution in [0.2, 0.25) is 0 Å². The van der Waals surface area contributed by atoms with E-state index in [2.05, 4.69) is 27.3 Å². The van der Waals surface area contributed by atoms with Crippen molar-refractivity contribution in [2.24, 2.45) is 0 Å². The molecule has 1 saturated carbocycles. The molecule has 2 unspecified atom stereocenters. The molecule has 2 heterocycles. The zero-order valence-corrected chi connectivity index (χ0v) is 10.9. The summed E-state index contributed by atoms with van der Waals surface area (Å²) in [4.78, 5) is 7.15. The first-order valence-electron chi connectivity index (χ1n) is 6.86. The third kappa shape index (κ3) is 2.35. The molecule has 2 fully saturated rings. The van der Waals surface area contributed by atoms with Gasteiger partial charge < -0.3 is 10.1 Å². The molecule has 1 aliphatic carbocycles. The number of hydrogen-bond donors (Lipinski definition) is 1. The summed E-state index contributed by atoms with van der Waals surface area (Å²) in [5, 5.41) is 3.10. The molecular weight excluding hydrogens is 226 g/mol. The molecule has 4 nitrogen and oxygen atoms in total. The third-order valence-electron chi connectivity index (χ3n) is 4.03. The van der Waals surface area contributed by atoms with Crippen LogP contribution in [0.3, 0.4) is 0 Å². The second kappa shape index (κ2) is 5.24. The average molecular weight is 247 g/mol. The molecule has 98 valence electrons. The second-order valence-corrected chi connectivity index (χ2v) is 5.14. The summed E-state index contributed by atoms with van der Waals surface area (Å²) < 4.78 is 5.84. The lowest BCUT2D eigenvalue weighted by molar-refractivity contribution is -0.0591. The van der Waals surface area contributed by atoms with Gasteiger partial charge in [0.25, 0.3) is 0 Å². The van der Waals surface area contributed by atoms with Gasteiger partial charge in [0.05, 0.1) is 18.4 Å². The topological polar surface area (TPSA) is 37.4 Å². The summed E-state index contributed by atoms with van der Waals surface area (Å²) >= 11 is 0. The van der Waals surface area contributed by atoms with Gasteiger partial charge in [-0.3, -0.25) is 4.90 Å². The zero-order valence-electron chi connectivity index (χ0n) is 10.9. The minimum absolute atomic E-state index is 0.464. The van der Waals surface area contributed by atoms with Crippen molar-refractivity contribution in [3.8, 4) is 0 Å². The Morgan fingerprint density at radius 2 is 2.39 bits per heavy atom. The van der Waals surface area contributed by atoms with Crippen molar-refractivity contribution >= 4 is 5.82 Å². The quantitative estimate of drug-likeness (QED) is 0.885. The van der Waals surface area contributed by atoms with Crippen molar-refractivity contribution in [2.45, 2.75) is 38.0 Å². The van der Waals surface area contributed by atoms with E-state index in [0.29, 0.717) is 12.1 Å². The summed E-state index contributed by atoms with van der Waals surface area (Å²) in [5.41, 5.74) is 1.15. The Balaban J connectivity index is 1.70. The summed E-state index contributed by atoms with van der Waals surface area (Å²) in [6.45, 7) is 2.85. The molecule has 1 aliphatic heterocycles. The van der Waals surface area contributed by atoms with Crippen molar-refractivity contribution in [3.05, 3.63) is 23.9 Å². The molecule has 1 aromatic heterocycles. The van der Waals surface area contributed by atoms with Crippen LogP contribution in [0.4, 0.5) is 5.82 Å². The lowest BCUT2D eigenvalue weighted by Gasteiger charge is -2.37. The Bertz CT molecular complexity index is 410. The predicted octanol–water partition coefficient (Wildman–Crippen LogP) is 1.88. The normalized spacial score (nSPS) is 28.1. The van der Waals surface area contributed by atoms with Crippen molar-refractivity contribution in [1.82, 2.24) is 9.88 Å². The van der Waals surface area contributed by atoms with E-state index < -0.39 is 0 Å². The number of nitrogens with zero attached hydrogens (tertiary/aromatic N) is 2. The fraction of sp³-hybridized carbons (Fsp3) is 0.643. The van der Waals surface area contributed by atoms with Crippen LogP contribution in [0, 0.1) is 0 Å². The van der Waals surface area contributed by atoms with Crippen LogP contribution in [0.25, 0.3) is 0 Å². The molecule has 4 heteroatoms. The number of hydrogen-bond acceptors (Lipinski definition) is 4. The van der Waals surface area contributed by atoms with Crippen molar-refractivity contribution in [1.29, 1.82) is 0 Å². The fourth-order valence-electron chi connectivity index (χ4n) is 3.12. The molecule has 0 aromatic carbocycles. The molecule has 3 rings (SSSR count). The van der Waals surface area contributed by atoms with Gasteiger partial charge in [-0.15, -0.1) is 0 Å². The van der Waals surface area contributed by atoms with Crippen molar-refractivity contribution < 1.29 is 4.74 Å². The fourth-order valence-corrected chi connectivity index (χ4v) is 3.12. The smallest absolute Gasteiger partial charge is 0.126 e. The molecule has 18 heavy (non-hydrogen) atoms. The van der Waals surface area contributed by atoms with Crippen LogP contribution in [-0.2, 0) is 11.3 Å². The van der Waals surface area contributed by atoms with E-state index in [1.54, 1.807) is 0 Å². The highest BCUT2D eigenvalue weighted by Crippen LogP contribution is 2.30. The van der Waals surface area contributed by atoms with E-state index in [9.17, 15) is 0 Å². The van der Waals surface area contributed by atoms with Crippen molar-refractivity contribution in [2.75, 3.05) is 25.5 Å². The van der Waals surface area contributed by atoms with E-state index in [4.69, 9.17) is 4.74 Å². The van der Waals surface area contributed by atoms with E-state index in [1.165, 1.54) is 19.3 Å². The largest absolute Gasteiger partial charge is 0.375 e. The molecule has 0 radical (unpaired) electrons. The molecular formula is C14H21N3O. The van der Waals surface area contributed by atoms with E-state index in [-0.39, 0.29) is 0 Å². The minimum Gasteiger partial charge on any atom is -0.375 e. The molecule has 0 bridgehead atoms. The predicted molar refractivity (Wildman–Crippen MR) is 71.6 cm³/mol. The Hall–Kier alpha value is -1.13. The molecule has 1 aromatic rings. The SMILES string of the molecule is CNc1cccc(CN2CCOC3CCCC32)n1. The summed E-state index contributed by atoms with van der Waals surface area (Å²) in [6, 6.07) is 6.79. The summed E-state index contributed by atoms with van der Waals surface area (Å²) in [6.07, 6.45) is 4.27. The maximum absolute atomic E-state index is 5.84. The van der Waals surface area contributed by atoms with Crippen LogP contribution in [0.5, 0.6) is 0 Å². The number of pyridine rings is 1.